The lowest BCUT2D eigenvalue weighted by atomic mass is 10.1. The molecule has 0 bridgehead atoms. The summed E-state index contributed by atoms with van der Waals surface area (Å²) in [7, 11) is 0.953. The normalized spacial score (nSPS) is 15.1. The Morgan fingerprint density at radius 1 is 1.42 bits per heavy atom. The maximum atomic E-state index is 12.5. The number of benzene rings is 1. The Labute approximate surface area is 149 Å². The predicted octanol–water partition coefficient (Wildman–Crippen LogP) is 0.612. The standard InChI is InChI=1S/C15H23N3O4S.ClH/c1-17(2)23(20,21)13-5-4-11-6-7-18(14(11)9-13)15(19)8-12(10-16)22-3;/h4-5,9,12H,6-8,10,16H2,1-3H3;1H. The Bertz CT molecular complexity index is 690. The summed E-state index contributed by atoms with van der Waals surface area (Å²) in [6, 6.07) is 4.93. The van der Waals surface area contributed by atoms with Crippen molar-refractivity contribution in [3.05, 3.63) is 23.8 Å². The molecular weight excluding hydrogens is 354 g/mol. The molecule has 0 saturated heterocycles. The molecule has 7 nitrogen and oxygen atoms in total. The molecule has 1 aromatic rings. The minimum Gasteiger partial charge on any atom is -0.380 e. The Hall–Kier alpha value is -1.19. The summed E-state index contributed by atoms with van der Waals surface area (Å²) in [4.78, 5) is 14.3. The highest BCUT2D eigenvalue weighted by molar-refractivity contribution is 7.89. The second-order valence-electron chi connectivity index (χ2n) is 5.67. The minimum absolute atomic E-state index is 0. The first-order chi connectivity index (χ1) is 10.8. The number of halogens is 1. The lowest BCUT2D eigenvalue weighted by Crippen LogP contribution is -2.35. The highest BCUT2D eigenvalue weighted by Crippen LogP contribution is 2.31. The fourth-order valence-electron chi connectivity index (χ4n) is 2.56. The number of methoxy groups -OCH3 is 1. The van der Waals surface area contributed by atoms with Crippen LogP contribution in [0.1, 0.15) is 12.0 Å². The summed E-state index contributed by atoms with van der Waals surface area (Å²) in [6.07, 6.45) is 0.557. The molecule has 1 atom stereocenters. The highest BCUT2D eigenvalue weighted by Gasteiger charge is 2.28. The minimum atomic E-state index is -3.53. The molecule has 0 aromatic heterocycles. The molecule has 0 radical (unpaired) electrons. The first kappa shape index (κ1) is 20.9. The van der Waals surface area contributed by atoms with Crippen LogP contribution in [0.2, 0.25) is 0 Å². The second kappa shape index (κ2) is 8.26. The molecule has 2 N–H and O–H groups in total. The van der Waals surface area contributed by atoms with Gasteiger partial charge in [0.25, 0.3) is 0 Å². The van der Waals surface area contributed by atoms with Crippen molar-refractivity contribution in [1.29, 1.82) is 0 Å². The van der Waals surface area contributed by atoms with Crippen LogP contribution in [0, 0.1) is 0 Å². The van der Waals surface area contributed by atoms with Gasteiger partial charge in [0.05, 0.1) is 17.4 Å². The molecule has 0 spiro atoms. The van der Waals surface area contributed by atoms with E-state index in [0.717, 1.165) is 9.87 Å². The number of nitrogens with zero attached hydrogens (tertiary/aromatic N) is 2. The van der Waals surface area contributed by atoms with Gasteiger partial charge in [0.15, 0.2) is 0 Å². The van der Waals surface area contributed by atoms with Gasteiger partial charge in [-0.2, -0.15) is 0 Å². The van der Waals surface area contributed by atoms with Crippen LogP contribution in [0.15, 0.2) is 23.1 Å². The Morgan fingerprint density at radius 3 is 2.62 bits per heavy atom. The number of sulfonamides is 1. The number of carbonyl (C=O) groups is 1. The molecule has 1 aliphatic rings. The van der Waals surface area contributed by atoms with Gasteiger partial charge in [-0.3, -0.25) is 4.79 Å². The van der Waals surface area contributed by atoms with Crippen molar-refractivity contribution in [2.45, 2.75) is 23.8 Å². The third-order valence-electron chi connectivity index (χ3n) is 4.03. The van der Waals surface area contributed by atoms with Crippen LogP contribution >= 0.6 is 12.4 Å². The van der Waals surface area contributed by atoms with E-state index < -0.39 is 10.0 Å². The lowest BCUT2D eigenvalue weighted by Gasteiger charge is -2.21. The van der Waals surface area contributed by atoms with E-state index in [1.165, 1.54) is 21.2 Å². The second-order valence-corrected chi connectivity index (χ2v) is 7.82. The van der Waals surface area contributed by atoms with E-state index in [-0.39, 0.29) is 42.3 Å². The van der Waals surface area contributed by atoms with Crippen LogP contribution in [-0.4, -0.2) is 59.0 Å². The monoisotopic (exact) mass is 377 g/mol. The molecular formula is C15H24ClN3O4S. The van der Waals surface area contributed by atoms with Crippen LogP contribution in [-0.2, 0) is 26.0 Å². The van der Waals surface area contributed by atoms with Crippen molar-refractivity contribution in [2.75, 3.05) is 39.2 Å². The molecule has 24 heavy (non-hydrogen) atoms. The number of rotatable bonds is 6. The maximum Gasteiger partial charge on any atom is 0.242 e. The van der Waals surface area contributed by atoms with Gasteiger partial charge in [-0.25, -0.2) is 12.7 Å². The average molecular weight is 378 g/mol. The number of amides is 1. The van der Waals surface area contributed by atoms with Crippen molar-refractivity contribution in [1.82, 2.24) is 4.31 Å². The fourth-order valence-corrected chi connectivity index (χ4v) is 3.48. The van der Waals surface area contributed by atoms with Crippen molar-refractivity contribution >= 4 is 34.0 Å². The summed E-state index contributed by atoms with van der Waals surface area (Å²) in [5.74, 6) is -0.111. The molecule has 0 fully saturated rings. The van der Waals surface area contributed by atoms with Gasteiger partial charge < -0.3 is 15.4 Å². The zero-order valence-electron chi connectivity index (χ0n) is 14.1. The quantitative estimate of drug-likeness (QED) is 0.784. The topological polar surface area (TPSA) is 92.9 Å². The number of ether oxygens (including phenoxy) is 1. The molecule has 0 saturated carbocycles. The molecule has 2 rings (SSSR count). The fraction of sp³-hybridized carbons (Fsp3) is 0.533. The first-order valence-electron chi connectivity index (χ1n) is 7.40. The van der Waals surface area contributed by atoms with Gasteiger partial charge in [-0.1, -0.05) is 6.07 Å². The van der Waals surface area contributed by atoms with E-state index in [1.54, 1.807) is 23.1 Å². The summed E-state index contributed by atoms with van der Waals surface area (Å²) < 4.78 is 30.8. The van der Waals surface area contributed by atoms with Gasteiger partial charge in [-0.15, -0.1) is 12.4 Å². The Morgan fingerprint density at radius 2 is 2.08 bits per heavy atom. The number of hydrogen-bond acceptors (Lipinski definition) is 5. The zero-order valence-corrected chi connectivity index (χ0v) is 15.7. The molecule has 1 aromatic carbocycles. The zero-order chi connectivity index (χ0) is 17.2. The molecule has 1 unspecified atom stereocenters. The van der Waals surface area contributed by atoms with Gasteiger partial charge in [0.2, 0.25) is 15.9 Å². The van der Waals surface area contributed by atoms with Crippen molar-refractivity contribution < 1.29 is 17.9 Å². The highest BCUT2D eigenvalue weighted by atomic mass is 35.5. The molecule has 0 aliphatic carbocycles. The average Bonchev–Trinajstić information content (AvgIpc) is 2.95. The van der Waals surface area contributed by atoms with Gasteiger partial charge in [0, 0.05) is 40.0 Å². The van der Waals surface area contributed by atoms with Crippen molar-refractivity contribution in [3.8, 4) is 0 Å². The number of nitrogens with two attached hydrogens (primary N) is 1. The van der Waals surface area contributed by atoms with Gasteiger partial charge in [-0.05, 0) is 24.1 Å². The van der Waals surface area contributed by atoms with Crippen LogP contribution in [0.4, 0.5) is 5.69 Å². The Balaban J connectivity index is 0.00000288. The predicted molar refractivity (Wildman–Crippen MR) is 95.1 cm³/mol. The smallest absolute Gasteiger partial charge is 0.242 e. The molecule has 9 heteroatoms. The van der Waals surface area contributed by atoms with Gasteiger partial charge >= 0.3 is 0 Å². The largest absolute Gasteiger partial charge is 0.380 e. The van der Waals surface area contributed by atoms with E-state index in [1.807, 2.05) is 0 Å². The summed E-state index contributed by atoms with van der Waals surface area (Å²) >= 11 is 0. The molecule has 1 heterocycles. The van der Waals surface area contributed by atoms with Crippen molar-refractivity contribution in [3.63, 3.8) is 0 Å². The van der Waals surface area contributed by atoms with Crippen LogP contribution in [0.25, 0.3) is 0 Å². The van der Waals surface area contributed by atoms with Gasteiger partial charge in [0.1, 0.15) is 0 Å². The maximum absolute atomic E-state index is 12.5. The van der Waals surface area contributed by atoms with Crippen molar-refractivity contribution in [2.24, 2.45) is 5.73 Å². The number of hydrogen-bond donors (Lipinski definition) is 1. The Kier molecular flexibility index (Phi) is 7.18. The van der Waals surface area contributed by atoms with E-state index in [0.29, 0.717) is 18.7 Å². The first-order valence-corrected chi connectivity index (χ1v) is 8.84. The summed E-state index contributed by atoms with van der Waals surface area (Å²) in [5, 5.41) is 0. The molecule has 136 valence electrons. The summed E-state index contributed by atoms with van der Waals surface area (Å²) in [5.41, 5.74) is 7.19. The number of carbonyl (C=O) groups excluding carboxylic acids is 1. The third kappa shape index (κ3) is 4.07. The number of anilines is 1. The van der Waals surface area contributed by atoms with Crippen LogP contribution in [0.3, 0.4) is 0 Å². The SMILES string of the molecule is COC(CN)CC(=O)N1CCc2ccc(S(=O)(=O)N(C)C)cc21.Cl. The summed E-state index contributed by atoms with van der Waals surface area (Å²) in [6.45, 7) is 0.804. The number of fused-ring (bicyclic) bond motifs is 1. The van der Waals surface area contributed by atoms with Crippen LogP contribution < -0.4 is 10.6 Å². The van der Waals surface area contributed by atoms with E-state index in [9.17, 15) is 13.2 Å². The molecule has 1 aliphatic heterocycles. The van der Waals surface area contributed by atoms with E-state index in [4.69, 9.17) is 10.5 Å². The van der Waals surface area contributed by atoms with E-state index >= 15 is 0 Å². The molecule has 1 amide bonds. The van der Waals surface area contributed by atoms with Crippen LogP contribution in [0.5, 0.6) is 0 Å². The third-order valence-corrected chi connectivity index (χ3v) is 5.84. The lowest BCUT2D eigenvalue weighted by molar-refractivity contribution is -0.120. The van der Waals surface area contributed by atoms with E-state index in [2.05, 4.69) is 0 Å².